The predicted octanol–water partition coefficient (Wildman–Crippen LogP) is 6.21. The van der Waals surface area contributed by atoms with Crippen LogP contribution in [-0.2, 0) is 0 Å². The number of para-hydroxylation sites is 1. The molecule has 0 spiro atoms. The molecule has 1 N–H and O–H groups in total. The van der Waals surface area contributed by atoms with E-state index in [-0.39, 0.29) is 5.78 Å². The maximum Gasteiger partial charge on any atom is 0.194 e. The molecule has 134 valence electrons. The highest BCUT2D eigenvalue weighted by Gasteiger charge is 2.25. The Labute approximate surface area is 163 Å². The molecule has 3 nitrogen and oxygen atoms in total. The number of benzene rings is 4. The highest BCUT2D eigenvalue weighted by Crippen LogP contribution is 2.42. The highest BCUT2D eigenvalue weighted by atomic mass is 16.1. The molecule has 4 aromatic rings. The number of hydrogen-bond acceptors (Lipinski definition) is 2. The Morgan fingerprint density at radius 1 is 0.714 bits per heavy atom. The topological polar surface area (TPSA) is 41.5 Å². The Morgan fingerprint density at radius 2 is 1.43 bits per heavy atom. The SMILES string of the molecule is CC(=Nc1ccc2c3c(cccc13)C(=O)c1ccccc1-2)Nc1ccccc1. The fraction of sp³-hybridized carbons (Fsp3) is 0.0400. The Bertz CT molecular complexity index is 1260. The molecule has 0 unspecified atom stereocenters. The Morgan fingerprint density at radius 3 is 2.25 bits per heavy atom. The number of ketones is 1. The van der Waals surface area contributed by atoms with E-state index in [0.717, 1.165) is 50.2 Å². The van der Waals surface area contributed by atoms with E-state index >= 15 is 0 Å². The number of nitrogens with one attached hydrogen (secondary N) is 1. The zero-order valence-electron chi connectivity index (χ0n) is 15.4. The fourth-order valence-corrected chi connectivity index (χ4v) is 3.90. The molecule has 3 heteroatoms. The molecule has 0 amide bonds. The van der Waals surface area contributed by atoms with Crippen LogP contribution in [0.3, 0.4) is 0 Å². The van der Waals surface area contributed by atoms with Crippen LogP contribution in [0.25, 0.3) is 21.9 Å². The van der Waals surface area contributed by atoms with Gasteiger partial charge in [0.1, 0.15) is 5.84 Å². The van der Waals surface area contributed by atoms with Crippen LogP contribution in [0.1, 0.15) is 22.8 Å². The first-order valence-corrected chi connectivity index (χ1v) is 9.29. The molecule has 0 bridgehead atoms. The van der Waals surface area contributed by atoms with Gasteiger partial charge in [0.05, 0.1) is 5.69 Å². The number of aliphatic imine (C=N–C) groups is 1. The maximum atomic E-state index is 13.0. The predicted molar refractivity (Wildman–Crippen MR) is 116 cm³/mol. The summed E-state index contributed by atoms with van der Waals surface area (Å²) in [5.74, 6) is 0.878. The summed E-state index contributed by atoms with van der Waals surface area (Å²) >= 11 is 0. The first-order valence-electron chi connectivity index (χ1n) is 9.29. The van der Waals surface area contributed by atoms with Crippen LogP contribution < -0.4 is 5.32 Å². The van der Waals surface area contributed by atoms with Crippen molar-refractivity contribution in [3.63, 3.8) is 0 Å². The van der Waals surface area contributed by atoms with Crippen molar-refractivity contribution < 1.29 is 4.79 Å². The summed E-state index contributed by atoms with van der Waals surface area (Å²) in [4.78, 5) is 17.8. The number of amidine groups is 1. The third-order valence-electron chi connectivity index (χ3n) is 5.11. The van der Waals surface area contributed by atoms with Crippen LogP contribution in [-0.4, -0.2) is 11.6 Å². The van der Waals surface area contributed by atoms with Crippen LogP contribution in [0.2, 0.25) is 0 Å². The van der Waals surface area contributed by atoms with E-state index in [2.05, 4.69) is 11.4 Å². The summed E-state index contributed by atoms with van der Waals surface area (Å²) in [5, 5.41) is 5.30. The third-order valence-corrected chi connectivity index (χ3v) is 5.11. The standard InChI is InChI=1S/C25H18N2O/c1-16(26-17-8-3-2-4-9-17)27-23-15-14-19-18-10-5-6-11-20(18)25(28)22-13-7-12-21(23)24(19)22/h2-15H,1H3,(H,26,27). The molecule has 1 aliphatic rings. The molecule has 1 aliphatic carbocycles. The molecule has 0 atom stereocenters. The lowest BCUT2D eigenvalue weighted by Crippen LogP contribution is -2.10. The van der Waals surface area contributed by atoms with Crippen molar-refractivity contribution in [2.45, 2.75) is 6.92 Å². The molecule has 28 heavy (non-hydrogen) atoms. The van der Waals surface area contributed by atoms with Gasteiger partial charge in [-0.2, -0.15) is 0 Å². The number of fused-ring (bicyclic) bond motifs is 2. The molecule has 0 heterocycles. The number of hydrogen-bond donors (Lipinski definition) is 1. The number of carbonyl (C=O) groups excluding carboxylic acids is 1. The Hall–Kier alpha value is -3.72. The first-order chi connectivity index (χ1) is 13.7. The fourth-order valence-electron chi connectivity index (χ4n) is 3.90. The van der Waals surface area contributed by atoms with Gasteiger partial charge in [-0.1, -0.05) is 66.7 Å². The van der Waals surface area contributed by atoms with E-state index in [9.17, 15) is 4.79 Å². The summed E-state index contributed by atoms with van der Waals surface area (Å²) < 4.78 is 0. The molecule has 0 radical (unpaired) electrons. The van der Waals surface area contributed by atoms with E-state index in [1.165, 1.54) is 0 Å². The highest BCUT2D eigenvalue weighted by molar-refractivity contribution is 6.27. The second-order valence-corrected chi connectivity index (χ2v) is 6.92. The number of rotatable bonds is 2. The first kappa shape index (κ1) is 16.5. The van der Waals surface area contributed by atoms with Gasteiger partial charge >= 0.3 is 0 Å². The lowest BCUT2D eigenvalue weighted by atomic mass is 9.82. The molecule has 0 aromatic heterocycles. The van der Waals surface area contributed by atoms with Crippen LogP contribution in [0.4, 0.5) is 11.4 Å². The van der Waals surface area contributed by atoms with Gasteiger partial charge in [-0.3, -0.25) is 4.79 Å². The quantitative estimate of drug-likeness (QED) is 0.299. The zero-order chi connectivity index (χ0) is 19.1. The van der Waals surface area contributed by atoms with Gasteiger partial charge in [0.25, 0.3) is 0 Å². The van der Waals surface area contributed by atoms with Crippen molar-refractivity contribution in [3.05, 3.63) is 96.1 Å². The minimum absolute atomic E-state index is 0.0777. The number of carbonyl (C=O) groups is 1. The second-order valence-electron chi connectivity index (χ2n) is 6.92. The van der Waals surface area contributed by atoms with Crippen molar-refractivity contribution in [2.24, 2.45) is 4.99 Å². The lowest BCUT2D eigenvalue weighted by Gasteiger charge is -2.20. The van der Waals surface area contributed by atoms with E-state index in [4.69, 9.17) is 4.99 Å². The van der Waals surface area contributed by atoms with E-state index in [1.807, 2.05) is 85.8 Å². The maximum absolute atomic E-state index is 13.0. The minimum atomic E-state index is 0.0777. The van der Waals surface area contributed by atoms with Crippen LogP contribution in [0.5, 0.6) is 0 Å². The van der Waals surface area contributed by atoms with Crippen molar-refractivity contribution in [1.82, 2.24) is 0 Å². The lowest BCUT2D eigenvalue weighted by molar-refractivity contribution is 0.104. The van der Waals surface area contributed by atoms with Gasteiger partial charge in [0.15, 0.2) is 5.78 Å². The van der Waals surface area contributed by atoms with Gasteiger partial charge in [-0.25, -0.2) is 4.99 Å². The van der Waals surface area contributed by atoms with Gasteiger partial charge in [0.2, 0.25) is 0 Å². The third kappa shape index (κ3) is 2.60. The number of nitrogens with zero attached hydrogens (tertiary/aromatic N) is 1. The van der Waals surface area contributed by atoms with Crippen LogP contribution in [0.15, 0.2) is 89.9 Å². The van der Waals surface area contributed by atoms with E-state index in [1.54, 1.807) is 0 Å². The molecular formula is C25H18N2O. The van der Waals surface area contributed by atoms with Crippen molar-refractivity contribution >= 4 is 33.8 Å². The molecule has 4 aromatic carbocycles. The minimum Gasteiger partial charge on any atom is -0.344 e. The summed E-state index contributed by atoms with van der Waals surface area (Å²) in [5.41, 5.74) is 5.45. The largest absolute Gasteiger partial charge is 0.344 e. The molecule has 0 saturated heterocycles. The summed E-state index contributed by atoms with van der Waals surface area (Å²) in [6.45, 7) is 1.95. The molecule has 0 aliphatic heterocycles. The van der Waals surface area contributed by atoms with Gasteiger partial charge in [-0.05, 0) is 36.2 Å². The van der Waals surface area contributed by atoms with Crippen molar-refractivity contribution in [1.29, 1.82) is 0 Å². The smallest absolute Gasteiger partial charge is 0.194 e. The van der Waals surface area contributed by atoms with Crippen LogP contribution >= 0.6 is 0 Å². The average molecular weight is 362 g/mol. The summed E-state index contributed by atoms with van der Waals surface area (Å²) in [6, 6.07) is 27.8. The molecule has 5 rings (SSSR count). The average Bonchev–Trinajstić information content (AvgIpc) is 2.73. The monoisotopic (exact) mass is 362 g/mol. The summed E-state index contributed by atoms with van der Waals surface area (Å²) in [7, 11) is 0. The molecule has 0 fully saturated rings. The number of anilines is 1. The zero-order valence-corrected chi connectivity index (χ0v) is 15.4. The van der Waals surface area contributed by atoms with E-state index in [0.29, 0.717) is 0 Å². The normalized spacial score (nSPS) is 12.8. The van der Waals surface area contributed by atoms with Gasteiger partial charge in [0, 0.05) is 27.6 Å². The van der Waals surface area contributed by atoms with Crippen molar-refractivity contribution in [3.8, 4) is 11.1 Å². The molecule has 0 saturated carbocycles. The Kier molecular flexibility index (Phi) is 3.80. The summed E-state index contributed by atoms with van der Waals surface area (Å²) in [6.07, 6.45) is 0. The van der Waals surface area contributed by atoms with Gasteiger partial charge in [-0.15, -0.1) is 0 Å². The van der Waals surface area contributed by atoms with Crippen molar-refractivity contribution in [2.75, 3.05) is 5.32 Å². The van der Waals surface area contributed by atoms with E-state index < -0.39 is 0 Å². The van der Waals surface area contributed by atoms with Crippen LogP contribution in [0, 0.1) is 0 Å². The van der Waals surface area contributed by atoms with Gasteiger partial charge < -0.3 is 5.32 Å². The second kappa shape index (κ2) is 6.46. The molecular weight excluding hydrogens is 344 g/mol. The Balaban J connectivity index is 1.67.